The topological polar surface area (TPSA) is 122 Å². The molecular formula is C11H17N3O3. The van der Waals surface area contributed by atoms with Gasteiger partial charge < -0.3 is 15.9 Å². The van der Waals surface area contributed by atoms with E-state index in [1.54, 1.807) is 18.2 Å². The van der Waals surface area contributed by atoms with Crippen molar-refractivity contribution in [2.45, 2.75) is 18.6 Å². The van der Waals surface area contributed by atoms with Crippen LogP contribution in [0.15, 0.2) is 24.3 Å². The maximum absolute atomic E-state index is 11.3. The van der Waals surface area contributed by atoms with E-state index in [0.717, 1.165) is 0 Å². The summed E-state index contributed by atoms with van der Waals surface area (Å²) >= 11 is 0. The molecule has 0 saturated heterocycles. The molecule has 7 N–H and O–H groups in total. The van der Waals surface area contributed by atoms with Crippen molar-refractivity contribution in [2.24, 2.45) is 11.6 Å². The molecule has 0 aliphatic carbocycles. The highest BCUT2D eigenvalue weighted by molar-refractivity contribution is 5.93. The van der Waals surface area contributed by atoms with Crippen molar-refractivity contribution < 1.29 is 15.0 Å². The minimum Gasteiger partial charge on any atom is -0.390 e. The molecule has 0 aliphatic heterocycles. The molecule has 1 rings (SSSR count). The molecule has 6 nitrogen and oxygen atoms in total. The number of aliphatic hydroxyl groups excluding tert-OH is 2. The molecule has 0 heterocycles. The molecule has 0 radical (unpaired) electrons. The minimum atomic E-state index is -1.07. The molecule has 0 bridgehead atoms. The smallest absolute Gasteiger partial charge is 0.265 e. The molecule has 0 spiro atoms. The Morgan fingerprint density at radius 2 is 2.12 bits per heavy atom. The van der Waals surface area contributed by atoms with Crippen molar-refractivity contribution >= 4 is 5.91 Å². The highest BCUT2D eigenvalue weighted by atomic mass is 16.3. The number of aliphatic hydroxyl groups is 2. The molecule has 1 aromatic rings. The molecule has 0 aromatic heterocycles. The Bertz CT molecular complexity index is 384. The molecule has 94 valence electrons. The summed E-state index contributed by atoms with van der Waals surface area (Å²) in [5.41, 5.74) is 8.07. The van der Waals surface area contributed by atoms with Crippen LogP contribution in [0.1, 0.15) is 28.4 Å². The summed E-state index contributed by atoms with van der Waals surface area (Å²) in [6.45, 7) is 0.279. The van der Waals surface area contributed by atoms with Gasteiger partial charge in [0.15, 0.2) is 0 Å². The number of rotatable bonds is 5. The zero-order valence-electron chi connectivity index (χ0n) is 9.34. The van der Waals surface area contributed by atoms with Gasteiger partial charge in [-0.2, -0.15) is 0 Å². The predicted molar refractivity (Wildman–Crippen MR) is 62.7 cm³/mol. The molecule has 0 fully saturated rings. The van der Waals surface area contributed by atoms with E-state index < -0.39 is 18.1 Å². The second-order valence-corrected chi connectivity index (χ2v) is 3.69. The van der Waals surface area contributed by atoms with Gasteiger partial charge in [0.1, 0.15) is 6.10 Å². The lowest BCUT2D eigenvalue weighted by molar-refractivity contribution is 0.0150. The Morgan fingerprint density at radius 1 is 1.41 bits per heavy atom. The van der Waals surface area contributed by atoms with Crippen LogP contribution in [0.4, 0.5) is 0 Å². The van der Waals surface area contributed by atoms with Crippen LogP contribution in [0.3, 0.4) is 0 Å². The summed E-state index contributed by atoms with van der Waals surface area (Å²) in [6, 6.07) is 6.27. The summed E-state index contributed by atoms with van der Waals surface area (Å²) < 4.78 is 0. The Labute approximate surface area is 99.2 Å². The third kappa shape index (κ3) is 3.50. The lowest BCUT2D eigenvalue weighted by Gasteiger charge is -2.17. The van der Waals surface area contributed by atoms with Crippen molar-refractivity contribution in [1.29, 1.82) is 0 Å². The number of nitrogen functional groups attached to an aromatic ring is 1. The van der Waals surface area contributed by atoms with Crippen LogP contribution in [0.5, 0.6) is 0 Å². The van der Waals surface area contributed by atoms with Crippen molar-refractivity contribution in [3.05, 3.63) is 35.4 Å². The molecule has 1 aromatic carbocycles. The van der Waals surface area contributed by atoms with Crippen molar-refractivity contribution in [1.82, 2.24) is 5.43 Å². The fourth-order valence-corrected chi connectivity index (χ4v) is 1.50. The number of nitrogens with one attached hydrogen (secondary N) is 1. The van der Waals surface area contributed by atoms with Gasteiger partial charge in [-0.1, -0.05) is 12.1 Å². The van der Waals surface area contributed by atoms with E-state index in [9.17, 15) is 15.0 Å². The predicted octanol–water partition coefficient (Wildman–Crippen LogP) is -0.967. The Kier molecular flexibility index (Phi) is 5.05. The number of hydrazine groups is 1. The van der Waals surface area contributed by atoms with Crippen molar-refractivity contribution in [3.63, 3.8) is 0 Å². The van der Waals surface area contributed by atoms with Crippen LogP contribution in [0.25, 0.3) is 0 Å². The van der Waals surface area contributed by atoms with E-state index >= 15 is 0 Å². The van der Waals surface area contributed by atoms with Gasteiger partial charge in [0.05, 0.1) is 6.10 Å². The van der Waals surface area contributed by atoms with Gasteiger partial charge in [-0.05, 0) is 30.7 Å². The highest BCUT2D eigenvalue weighted by Crippen LogP contribution is 2.19. The van der Waals surface area contributed by atoms with E-state index in [1.165, 1.54) is 6.07 Å². The highest BCUT2D eigenvalue weighted by Gasteiger charge is 2.18. The fraction of sp³-hybridized carbons (Fsp3) is 0.364. The second kappa shape index (κ2) is 6.31. The van der Waals surface area contributed by atoms with Gasteiger partial charge in [-0.15, -0.1) is 0 Å². The molecule has 0 aliphatic rings. The molecule has 6 heteroatoms. The van der Waals surface area contributed by atoms with Crippen LogP contribution < -0.4 is 17.0 Å². The van der Waals surface area contributed by atoms with Crippen LogP contribution in [0, 0.1) is 0 Å². The standard InChI is InChI=1S/C11H17N3O3/c12-5-4-9(15)10(16)7-2-1-3-8(6-7)11(17)14-13/h1-3,6,9-10,15-16H,4-5,12-13H2,(H,14,17). The zero-order valence-corrected chi connectivity index (χ0v) is 9.34. The summed E-state index contributed by atoms with van der Waals surface area (Å²) in [5.74, 6) is 4.56. The first-order valence-electron chi connectivity index (χ1n) is 5.27. The van der Waals surface area contributed by atoms with E-state index in [4.69, 9.17) is 11.6 Å². The first-order valence-corrected chi connectivity index (χ1v) is 5.27. The third-order valence-corrected chi connectivity index (χ3v) is 2.45. The van der Waals surface area contributed by atoms with Crippen LogP contribution in [-0.4, -0.2) is 28.8 Å². The Balaban J connectivity index is 2.87. The Morgan fingerprint density at radius 3 is 2.71 bits per heavy atom. The van der Waals surface area contributed by atoms with Gasteiger partial charge in [-0.3, -0.25) is 10.2 Å². The summed E-state index contributed by atoms with van der Waals surface area (Å²) in [7, 11) is 0. The van der Waals surface area contributed by atoms with E-state index in [1.807, 2.05) is 5.43 Å². The average Bonchev–Trinajstić information content (AvgIpc) is 2.37. The molecular weight excluding hydrogens is 222 g/mol. The monoisotopic (exact) mass is 239 g/mol. The number of hydrogen-bond acceptors (Lipinski definition) is 5. The second-order valence-electron chi connectivity index (χ2n) is 3.69. The number of carbonyl (C=O) groups is 1. The van der Waals surface area contributed by atoms with Crippen molar-refractivity contribution in [3.8, 4) is 0 Å². The summed E-state index contributed by atoms with van der Waals surface area (Å²) in [4.78, 5) is 11.3. The molecule has 17 heavy (non-hydrogen) atoms. The average molecular weight is 239 g/mol. The van der Waals surface area contributed by atoms with Crippen molar-refractivity contribution in [2.75, 3.05) is 6.54 Å². The normalized spacial score (nSPS) is 14.1. The maximum atomic E-state index is 11.3. The van der Waals surface area contributed by atoms with Crippen LogP contribution in [-0.2, 0) is 0 Å². The number of nitrogens with two attached hydrogens (primary N) is 2. The summed E-state index contributed by atoms with van der Waals surface area (Å²) in [6.07, 6.45) is -1.73. The zero-order chi connectivity index (χ0) is 12.8. The molecule has 2 unspecified atom stereocenters. The number of benzene rings is 1. The maximum Gasteiger partial charge on any atom is 0.265 e. The molecule has 2 atom stereocenters. The largest absolute Gasteiger partial charge is 0.390 e. The van der Waals surface area contributed by atoms with Crippen LogP contribution >= 0.6 is 0 Å². The lowest BCUT2D eigenvalue weighted by atomic mass is 10.00. The van der Waals surface area contributed by atoms with Gasteiger partial charge in [0.2, 0.25) is 0 Å². The molecule has 0 saturated carbocycles. The van der Waals surface area contributed by atoms with E-state index in [-0.39, 0.29) is 13.0 Å². The number of hydrogen-bond donors (Lipinski definition) is 5. The Hall–Kier alpha value is -1.47. The van der Waals surface area contributed by atoms with Gasteiger partial charge in [0.25, 0.3) is 5.91 Å². The lowest BCUT2D eigenvalue weighted by Crippen LogP contribution is -2.30. The number of amides is 1. The van der Waals surface area contributed by atoms with E-state index in [0.29, 0.717) is 11.1 Å². The van der Waals surface area contributed by atoms with Gasteiger partial charge >= 0.3 is 0 Å². The fourth-order valence-electron chi connectivity index (χ4n) is 1.50. The third-order valence-electron chi connectivity index (χ3n) is 2.45. The van der Waals surface area contributed by atoms with Crippen LogP contribution in [0.2, 0.25) is 0 Å². The summed E-state index contributed by atoms with van der Waals surface area (Å²) in [5, 5.41) is 19.4. The van der Waals surface area contributed by atoms with E-state index in [2.05, 4.69) is 0 Å². The SMILES string of the molecule is NCCC(O)C(O)c1cccc(C(=O)NN)c1. The molecule has 1 amide bonds. The van der Waals surface area contributed by atoms with Gasteiger partial charge in [0, 0.05) is 5.56 Å². The first kappa shape index (κ1) is 13.6. The first-order chi connectivity index (χ1) is 8.10. The minimum absolute atomic E-state index is 0.279. The quantitative estimate of drug-likeness (QED) is 0.257. The van der Waals surface area contributed by atoms with Gasteiger partial charge in [-0.25, -0.2) is 5.84 Å². The number of carbonyl (C=O) groups excluding carboxylic acids is 1.